The number of hydrogen-bond donors (Lipinski definition) is 1. The maximum atomic E-state index is 12.3. The number of carbonyl (C=O) groups is 2. The molecule has 23 heavy (non-hydrogen) atoms. The van der Waals surface area contributed by atoms with E-state index in [4.69, 9.17) is 0 Å². The Hall–Kier alpha value is -1.98. The van der Waals surface area contributed by atoms with Gasteiger partial charge in [-0.2, -0.15) is 0 Å². The molecule has 0 saturated carbocycles. The van der Waals surface area contributed by atoms with Gasteiger partial charge in [-0.05, 0) is 29.5 Å². The molecule has 5 heteroatoms. The summed E-state index contributed by atoms with van der Waals surface area (Å²) in [6.07, 6.45) is 0. The van der Waals surface area contributed by atoms with Gasteiger partial charge in [-0.3, -0.25) is 14.5 Å². The van der Waals surface area contributed by atoms with Gasteiger partial charge in [0.2, 0.25) is 0 Å². The minimum absolute atomic E-state index is 0.190. The van der Waals surface area contributed by atoms with Crippen LogP contribution in [0.1, 0.15) is 45.5 Å². The highest BCUT2D eigenvalue weighted by Crippen LogP contribution is 2.26. The third kappa shape index (κ3) is 3.07. The van der Waals surface area contributed by atoms with Crippen LogP contribution < -0.4 is 5.32 Å². The highest BCUT2D eigenvalue weighted by Gasteiger charge is 2.34. The van der Waals surface area contributed by atoms with Crippen molar-refractivity contribution < 1.29 is 9.59 Å². The fourth-order valence-corrected chi connectivity index (χ4v) is 3.88. The van der Waals surface area contributed by atoms with Crippen molar-refractivity contribution in [2.75, 3.05) is 13.1 Å². The highest BCUT2D eigenvalue weighted by molar-refractivity contribution is 7.10. The summed E-state index contributed by atoms with van der Waals surface area (Å²) in [6, 6.07) is 11.4. The minimum atomic E-state index is -0.190. The van der Waals surface area contributed by atoms with Crippen LogP contribution in [-0.4, -0.2) is 29.8 Å². The number of carbonyl (C=O) groups excluding carboxylic acids is 2. The van der Waals surface area contributed by atoms with Crippen LogP contribution in [0.5, 0.6) is 0 Å². The summed E-state index contributed by atoms with van der Waals surface area (Å²) >= 11 is 1.72. The largest absolute Gasteiger partial charge is 0.307 e. The Morgan fingerprint density at radius 3 is 2.22 bits per heavy atom. The zero-order valence-corrected chi connectivity index (χ0v) is 14.1. The van der Waals surface area contributed by atoms with Crippen molar-refractivity contribution in [3.63, 3.8) is 0 Å². The van der Waals surface area contributed by atoms with E-state index in [1.54, 1.807) is 35.6 Å². The number of rotatable bonds is 6. The predicted octanol–water partition coefficient (Wildman–Crippen LogP) is 3.33. The average Bonchev–Trinajstić information content (AvgIpc) is 3.14. The van der Waals surface area contributed by atoms with Crippen LogP contribution in [0.2, 0.25) is 0 Å². The van der Waals surface area contributed by atoms with Gasteiger partial charge in [0.25, 0.3) is 11.8 Å². The lowest BCUT2D eigenvalue weighted by Crippen LogP contribution is -2.38. The molecule has 0 saturated heterocycles. The molecule has 3 rings (SSSR count). The van der Waals surface area contributed by atoms with Gasteiger partial charge in [0.05, 0.1) is 11.1 Å². The van der Waals surface area contributed by atoms with Crippen LogP contribution in [0.25, 0.3) is 0 Å². The first-order valence-corrected chi connectivity index (χ1v) is 8.69. The summed E-state index contributed by atoms with van der Waals surface area (Å²) in [5.74, 6) is 0.0602. The van der Waals surface area contributed by atoms with E-state index in [1.807, 2.05) is 6.07 Å². The Bertz CT molecular complexity index is 675. The van der Waals surface area contributed by atoms with Crippen molar-refractivity contribution in [1.29, 1.82) is 0 Å². The first-order chi connectivity index (χ1) is 11.1. The standard InChI is InChI=1S/C18H20N2O2S/c1-12(2)16(15-8-5-11-23-15)19-9-10-20-17(21)13-6-3-4-7-14(13)18(20)22/h3-8,11-12,16,19H,9-10H2,1-2H3/t16-/m0/s1. The van der Waals surface area contributed by atoms with Crippen molar-refractivity contribution in [2.45, 2.75) is 19.9 Å². The summed E-state index contributed by atoms with van der Waals surface area (Å²) in [5, 5.41) is 5.55. The maximum Gasteiger partial charge on any atom is 0.261 e. The second-order valence-electron chi connectivity index (χ2n) is 6.00. The number of imide groups is 1. The zero-order valence-electron chi connectivity index (χ0n) is 13.3. The first kappa shape index (κ1) is 15.9. The molecule has 0 spiro atoms. The third-order valence-corrected chi connectivity index (χ3v) is 5.05. The summed E-state index contributed by atoms with van der Waals surface area (Å²) in [5.41, 5.74) is 1.02. The van der Waals surface area contributed by atoms with Gasteiger partial charge < -0.3 is 5.32 Å². The van der Waals surface area contributed by atoms with Gasteiger partial charge in [0, 0.05) is 24.0 Å². The maximum absolute atomic E-state index is 12.3. The van der Waals surface area contributed by atoms with Gasteiger partial charge in [-0.1, -0.05) is 32.0 Å². The van der Waals surface area contributed by atoms with E-state index in [2.05, 4.69) is 30.6 Å². The van der Waals surface area contributed by atoms with Crippen LogP contribution in [0, 0.1) is 5.92 Å². The molecule has 0 bridgehead atoms. The monoisotopic (exact) mass is 328 g/mol. The molecule has 1 atom stereocenters. The normalized spacial score (nSPS) is 15.3. The van der Waals surface area contributed by atoms with Gasteiger partial charge in [0.15, 0.2) is 0 Å². The SMILES string of the molecule is CC(C)[C@H](NCCN1C(=O)c2ccccc2C1=O)c1cccs1. The lowest BCUT2D eigenvalue weighted by Gasteiger charge is -2.23. The molecule has 0 radical (unpaired) electrons. The smallest absolute Gasteiger partial charge is 0.261 e. The van der Waals surface area contributed by atoms with Gasteiger partial charge in [-0.15, -0.1) is 11.3 Å². The van der Waals surface area contributed by atoms with Gasteiger partial charge >= 0.3 is 0 Å². The van der Waals surface area contributed by atoms with Crippen LogP contribution in [0.3, 0.4) is 0 Å². The van der Waals surface area contributed by atoms with Crippen molar-refractivity contribution in [3.8, 4) is 0 Å². The van der Waals surface area contributed by atoms with Crippen molar-refractivity contribution in [1.82, 2.24) is 10.2 Å². The summed E-state index contributed by atoms with van der Waals surface area (Å²) in [6.45, 7) is 5.31. The van der Waals surface area contributed by atoms with Crippen LogP contribution in [-0.2, 0) is 0 Å². The molecule has 1 aliphatic rings. The van der Waals surface area contributed by atoms with Crippen molar-refractivity contribution in [3.05, 3.63) is 57.8 Å². The van der Waals surface area contributed by atoms with Crippen molar-refractivity contribution in [2.24, 2.45) is 5.92 Å². The van der Waals surface area contributed by atoms with Crippen LogP contribution in [0.15, 0.2) is 41.8 Å². The van der Waals surface area contributed by atoms with Gasteiger partial charge in [0.1, 0.15) is 0 Å². The lowest BCUT2D eigenvalue weighted by molar-refractivity contribution is 0.0654. The second-order valence-corrected chi connectivity index (χ2v) is 6.98. The molecule has 0 aliphatic carbocycles. The van der Waals surface area contributed by atoms with Crippen LogP contribution >= 0.6 is 11.3 Å². The van der Waals surface area contributed by atoms with E-state index in [-0.39, 0.29) is 17.9 Å². The minimum Gasteiger partial charge on any atom is -0.307 e. The van der Waals surface area contributed by atoms with E-state index in [0.29, 0.717) is 30.1 Å². The molecule has 2 amide bonds. The molecule has 1 aromatic heterocycles. The molecule has 4 nitrogen and oxygen atoms in total. The number of nitrogens with zero attached hydrogens (tertiary/aromatic N) is 1. The zero-order chi connectivity index (χ0) is 16.4. The fourth-order valence-electron chi connectivity index (χ4n) is 2.91. The molecule has 1 aliphatic heterocycles. The Morgan fingerprint density at radius 1 is 1.04 bits per heavy atom. The number of thiophene rings is 1. The fraction of sp³-hybridized carbons (Fsp3) is 0.333. The number of fused-ring (bicyclic) bond motifs is 1. The molecule has 1 N–H and O–H groups in total. The molecule has 1 aromatic carbocycles. The molecule has 0 fully saturated rings. The Labute approximate surface area is 140 Å². The molecule has 2 heterocycles. The summed E-state index contributed by atoms with van der Waals surface area (Å²) < 4.78 is 0. The van der Waals surface area contributed by atoms with Gasteiger partial charge in [-0.25, -0.2) is 0 Å². The third-order valence-electron chi connectivity index (χ3n) is 4.09. The molecular weight excluding hydrogens is 308 g/mol. The number of benzene rings is 1. The average molecular weight is 328 g/mol. The molecular formula is C18H20N2O2S. The topological polar surface area (TPSA) is 49.4 Å². The Morgan fingerprint density at radius 2 is 1.70 bits per heavy atom. The number of amides is 2. The highest BCUT2D eigenvalue weighted by atomic mass is 32.1. The first-order valence-electron chi connectivity index (χ1n) is 7.81. The molecule has 2 aromatic rings. The number of hydrogen-bond acceptors (Lipinski definition) is 4. The van der Waals surface area contributed by atoms with E-state index >= 15 is 0 Å². The van der Waals surface area contributed by atoms with Crippen LogP contribution in [0.4, 0.5) is 0 Å². The van der Waals surface area contributed by atoms with E-state index in [9.17, 15) is 9.59 Å². The van der Waals surface area contributed by atoms with E-state index in [0.717, 1.165) is 0 Å². The number of nitrogens with one attached hydrogen (secondary N) is 1. The van der Waals surface area contributed by atoms with Crippen molar-refractivity contribution >= 4 is 23.2 Å². The predicted molar refractivity (Wildman–Crippen MR) is 91.7 cm³/mol. The quantitative estimate of drug-likeness (QED) is 0.828. The molecule has 120 valence electrons. The Kier molecular flexibility index (Phi) is 4.59. The molecule has 0 unspecified atom stereocenters. The lowest BCUT2D eigenvalue weighted by atomic mass is 10.0. The van der Waals surface area contributed by atoms with E-state index < -0.39 is 0 Å². The Balaban J connectivity index is 1.63. The second kappa shape index (κ2) is 6.64. The summed E-state index contributed by atoms with van der Waals surface area (Å²) in [4.78, 5) is 27.3. The summed E-state index contributed by atoms with van der Waals surface area (Å²) in [7, 11) is 0. The van der Waals surface area contributed by atoms with E-state index in [1.165, 1.54) is 9.78 Å².